The Kier molecular flexibility index (Phi) is 9.09. The zero-order valence-electron chi connectivity index (χ0n) is 12.0. The van der Waals surface area contributed by atoms with E-state index in [9.17, 15) is 4.79 Å². The Balaban J connectivity index is 4.16. The van der Waals surface area contributed by atoms with Gasteiger partial charge in [-0.15, -0.1) is 0 Å². The van der Waals surface area contributed by atoms with E-state index in [1.54, 1.807) is 0 Å². The highest BCUT2D eigenvalue weighted by Crippen LogP contribution is 2.03. The number of hydrogen-bond acceptors (Lipinski definition) is 4. The molecular weight excluding hydrogens is 216 g/mol. The van der Waals surface area contributed by atoms with E-state index in [4.69, 9.17) is 4.74 Å². The highest BCUT2D eigenvalue weighted by Gasteiger charge is 2.20. The van der Waals surface area contributed by atoms with Crippen molar-refractivity contribution < 1.29 is 9.53 Å². The van der Waals surface area contributed by atoms with Crippen LogP contribution >= 0.6 is 0 Å². The molecule has 4 nitrogen and oxygen atoms in total. The molecule has 0 aliphatic heterocycles. The Morgan fingerprint density at radius 1 is 1.35 bits per heavy atom. The molecule has 1 N–H and O–H groups in total. The predicted molar refractivity (Wildman–Crippen MR) is 71.0 cm³/mol. The van der Waals surface area contributed by atoms with Crippen LogP contribution in [-0.2, 0) is 9.53 Å². The molecule has 4 heteroatoms. The third-order valence-corrected chi connectivity index (χ3v) is 2.94. The number of nitrogens with one attached hydrogen (secondary N) is 1. The van der Waals surface area contributed by atoms with Gasteiger partial charge in [0.05, 0.1) is 7.11 Å². The minimum Gasteiger partial charge on any atom is -0.468 e. The minimum absolute atomic E-state index is 0.172. The van der Waals surface area contributed by atoms with Gasteiger partial charge in [-0.25, -0.2) is 0 Å². The number of esters is 1. The molecule has 0 saturated carbocycles. The van der Waals surface area contributed by atoms with Gasteiger partial charge in [-0.1, -0.05) is 27.2 Å². The Morgan fingerprint density at radius 2 is 2.00 bits per heavy atom. The van der Waals surface area contributed by atoms with Crippen molar-refractivity contribution in [2.45, 2.75) is 39.7 Å². The largest absolute Gasteiger partial charge is 0.468 e. The fourth-order valence-corrected chi connectivity index (χ4v) is 1.73. The SMILES string of the molecule is CCCNC(CN(C)CC(C)CC)C(=O)OC. The summed E-state index contributed by atoms with van der Waals surface area (Å²) in [5.74, 6) is 0.485. The van der Waals surface area contributed by atoms with Crippen molar-refractivity contribution in [1.29, 1.82) is 0 Å². The maximum atomic E-state index is 11.6. The van der Waals surface area contributed by atoms with Gasteiger partial charge in [0.25, 0.3) is 0 Å². The van der Waals surface area contributed by atoms with E-state index in [0.29, 0.717) is 12.5 Å². The third kappa shape index (κ3) is 7.34. The summed E-state index contributed by atoms with van der Waals surface area (Å²) in [5, 5.41) is 3.23. The van der Waals surface area contributed by atoms with Crippen LogP contribution in [0.4, 0.5) is 0 Å². The Labute approximate surface area is 106 Å². The molecule has 2 atom stereocenters. The average molecular weight is 244 g/mol. The summed E-state index contributed by atoms with van der Waals surface area (Å²) in [7, 11) is 3.49. The standard InChI is InChI=1S/C13H28N2O2/c1-6-8-14-12(13(16)17-5)10-15(4)9-11(3)7-2/h11-12,14H,6-10H2,1-5H3. The zero-order valence-corrected chi connectivity index (χ0v) is 12.0. The Morgan fingerprint density at radius 3 is 2.47 bits per heavy atom. The van der Waals surface area contributed by atoms with E-state index in [0.717, 1.165) is 25.9 Å². The lowest BCUT2D eigenvalue weighted by Gasteiger charge is -2.25. The summed E-state index contributed by atoms with van der Waals surface area (Å²) in [4.78, 5) is 13.8. The van der Waals surface area contributed by atoms with Crippen LogP contribution in [-0.4, -0.2) is 50.7 Å². The molecule has 0 aliphatic rings. The maximum absolute atomic E-state index is 11.6. The highest BCUT2D eigenvalue weighted by molar-refractivity contribution is 5.75. The van der Waals surface area contributed by atoms with Gasteiger partial charge in [-0.2, -0.15) is 0 Å². The molecule has 102 valence electrons. The number of nitrogens with zero attached hydrogens (tertiary/aromatic N) is 1. The van der Waals surface area contributed by atoms with E-state index >= 15 is 0 Å². The summed E-state index contributed by atoms with van der Waals surface area (Å²) < 4.78 is 4.81. The summed E-state index contributed by atoms with van der Waals surface area (Å²) in [6, 6.07) is -0.214. The first-order valence-electron chi connectivity index (χ1n) is 6.54. The van der Waals surface area contributed by atoms with Crippen molar-refractivity contribution in [2.75, 3.05) is 33.8 Å². The van der Waals surface area contributed by atoms with Crippen LogP contribution in [0, 0.1) is 5.92 Å². The number of carbonyl (C=O) groups is 1. The van der Waals surface area contributed by atoms with E-state index in [2.05, 4.69) is 38.0 Å². The van der Waals surface area contributed by atoms with E-state index in [1.807, 2.05) is 0 Å². The van der Waals surface area contributed by atoms with Crippen molar-refractivity contribution in [3.8, 4) is 0 Å². The molecule has 0 bridgehead atoms. The zero-order chi connectivity index (χ0) is 13.3. The van der Waals surface area contributed by atoms with Gasteiger partial charge >= 0.3 is 5.97 Å². The normalized spacial score (nSPS) is 14.7. The van der Waals surface area contributed by atoms with Crippen LogP contribution in [0.25, 0.3) is 0 Å². The second-order valence-corrected chi connectivity index (χ2v) is 4.76. The van der Waals surface area contributed by atoms with Crippen molar-refractivity contribution >= 4 is 5.97 Å². The van der Waals surface area contributed by atoms with Gasteiger partial charge in [-0.3, -0.25) is 4.79 Å². The van der Waals surface area contributed by atoms with Crippen LogP contribution in [0.2, 0.25) is 0 Å². The lowest BCUT2D eigenvalue weighted by molar-refractivity contribution is -0.143. The summed E-state index contributed by atoms with van der Waals surface area (Å²) in [6.45, 7) is 9.06. The van der Waals surface area contributed by atoms with Crippen LogP contribution in [0.1, 0.15) is 33.6 Å². The van der Waals surface area contributed by atoms with Gasteiger partial charge < -0.3 is 15.0 Å². The van der Waals surface area contributed by atoms with Crippen LogP contribution < -0.4 is 5.32 Å². The summed E-state index contributed by atoms with van der Waals surface area (Å²) in [5.41, 5.74) is 0. The van der Waals surface area contributed by atoms with Gasteiger partial charge in [0.1, 0.15) is 6.04 Å². The topological polar surface area (TPSA) is 41.6 Å². The number of methoxy groups -OCH3 is 1. The molecule has 17 heavy (non-hydrogen) atoms. The molecule has 0 fully saturated rings. The van der Waals surface area contributed by atoms with E-state index in [-0.39, 0.29) is 12.0 Å². The first-order chi connectivity index (χ1) is 8.04. The first kappa shape index (κ1) is 16.4. The van der Waals surface area contributed by atoms with Crippen molar-refractivity contribution in [1.82, 2.24) is 10.2 Å². The average Bonchev–Trinajstić information content (AvgIpc) is 2.33. The lowest BCUT2D eigenvalue weighted by Crippen LogP contribution is -2.46. The van der Waals surface area contributed by atoms with Crippen molar-refractivity contribution in [3.05, 3.63) is 0 Å². The maximum Gasteiger partial charge on any atom is 0.324 e. The first-order valence-corrected chi connectivity index (χ1v) is 6.54. The number of likely N-dealkylation sites (N-methyl/N-ethyl adjacent to an activating group) is 1. The Hall–Kier alpha value is -0.610. The summed E-state index contributed by atoms with van der Waals surface area (Å²) >= 11 is 0. The molecule has 0 heterocycles. The minimum atomic E-state index is -0.214. The Bertz CT molecular complexity index is 210. The molecule has 0 aromatic carbocycles. The molecule has 0 saturated heterocycles. The quantitative estimate of drug-likeness (QED) is 0.624. The van der Waals surface area contributed by atoms with Gasteiger partial charge in [0.2, 0.25) is 0 Å². The fourth-order valence-electron chi connectivity index (χ4n) is 1.73. The lowest BCUT2D eigenvalue weighted by atomic mass is 10.1. The number of carbonyl (C=O) groups excluding carboxylic acids is 1. The molecule has 0 aromatic heterocycles. The molecule has 0 aliphatic carbocycles. The van der Waals surface area contributed by atoms with Crippen molar-refractivity contribution in [3.63, 3.8) is 0 Å². The van der Waals surface area contributed by atoms with Gasteiger partial charge in [0.15, 0.2) is 0 Å². The van der Waals surface area contributed by atoms with Crippen molar-refractivity contribution in [2.24, 2.45) is 5.92 Å². The van der Waals surface area contributed by atoms with Crippen LogP contribution in [0.3, 0.4) is 0 Å². The predicted octanol–water partition coefficient (Wildman–Crippen LogP) is 1.51. The molecule has 0 radical (unpaired) electrons. The third-order valence-electron chi connectivity index (χ3n) is 2.94. The number of ether oxygens (including phenoxy) is 1. The molecule has 0 spiro atoms. The molecular formula is C13H28N2O2. The fraction of sp³-hybridized carbons (Fsp3) is 0.923. The smallest absolute Gasteiger partial charge is 0.324 e. The van der Waals surface area contributed by atoms with E-state index < -0.39 is 0 Å². The van der Waals surface area contributed by atoms with Crippen LogP contribution in [0.5, 0.6) is 0 Å². The molecule has 2 unspecified atom stereocenters. The second-order valence-electron chi connectivity index (χ2n) is 4.76. The second kappa shape index (κ2) is 9.42. The molecule has 0 aromatic rings. The van der Waals surface area contributed by atoms with Gasteiger partial charge in [-0.05, 0) is 25.9 Å². The summed E-state index contributed by atoms with van der Waals surface area (Å²) in [6.07, 6.45) is 2.18. The molecule has 0 rings (SSSR count). The number of hydrogen-bond donors (Lipinski definition) is 1. The van der Waals surface area contributed by atoms with Gasteiger partial charge in [0, 0.05) is 13.1 Å². The highest BCUT2D eigenvalue weighted by atomic mass is 16.5. The molecule has 0 amide bonds. The monoisotopic (exact) mass is 244 g/mol. The number of rotatable bonds is 9. The van der Waals surface area contributed by atoms with E-state index in [1.165, 1.54) is 7.11 Å². The van der Waals surface area contributed by atoms with Crippen LogP contribution in [0.15, 0.2) is 0 Å².